The lowest BCUT2D eigenvalue weighted by molar-refractivity contribution is -0.111. The molecule has 0 spiro atoms. The number of rotatable bonds is 12. The van der Waals surface area contributed by atoms with Crippen LogP contribution in [0.4, 0.5) is 14.9 Å². The van der Waals surface area contributed by atoms with Crippen LogP contribution in [0.25, 0.3) is 11.0 Å². The Morgan fingerprint density at radius 1 is 1.06 bits per heavy atom. The summed E-state index contributed by atoms with van der Waals surface area (Å²) in [4.78, 5) is 46.1. The van der Waals surface area contributed by atoms with E-state index in [2.05, 4.69) is 29.5 Å². The van der Waals surface area contributed by atoms with E-state index in [1.807, 2.05) is 27.7 Å². The standard InChI is InChI=1S/C13H25NO3.C12H11NO4.C12H23N.CH3F/c1-5-11(10-15)8-6-7-9-14-12(16)17-13(2,3)4;1-2-16-12(15)11-6-8-5-9(13-7-14)3-4-10(8)17-11;1-10-12(8-9-13(10)2)11-6-4-3-5-7-11;1-2/h10-11H,5-9H2,1-4H3,(H,14,16);3-7H,2H2,1H3,(H,13,14);10-12H,3-9H2,1-2H3;1H3. The fourth-order valence-electron chi connectivity index (χ4n) is 6.22. The first kappa shape index (κ1) is 43.6. The van der Waals surface area contributed by atoms with Crippen LogP contribution in [0, 0.1) is 17.8 Å². The van der Waals surface area contributed by atoms with Crippen LogP contribution in [-0.2, 0) is 19.1 Å². The summed E-state index contributed by atoms with van der Waals surface area (Å²) in [5, 5.41) is 5.96. The Hall–Kier alpha value is -3.47. The number of ether oxygens (including phenoxy) is 2. The van der Waals surface area contributed by atoms with Gasteiger partial charge in [0.15, 0.2) is 0 Å². The van der Waals surface area contributed by atoms with Gasteiger partial charge in [-0.05, 0) is 110 Å². The molecule has 0 bridgehead atoms. The van der Waals surface area contributed by atoms with Gasteiger partial charge in [-0.25, -0.2) is 9.59 Å². The van der Waals surface area contributed by atoms with Gasteiger partial charge in [-0.1, -0.05) is 45.4 Å². The Kier molecular flexibility index (Phi) is 21.2. The van der Waals surface area contributed by atoms with Crippen molar-refractivity contribution >= 4 is 41.4 Å². The Morgan fingerprint density at radius 2 is 1.76 bits per heavy atom. The summed E-state index contributed by atoms with van der Waals surface area (Å²) in [6.07, 6.45) is 13.8. The van der Waals surface area contributed by atoms with Gasteiger partial charge in [-0.2, -0.15) is 0 Å². The van der Waals surface area contributed by atoms with E-state index in [4.69, 9.17) is 13.9 Å². The van der Waals surface area contributed by atoms with Crippen LogP contribution >= 0.6 is 0 Å². The molecule has 1 saturated heterocycles. The van der Waals surface area contributed by atoms with Crippen molar-refractivity contribution in [1.29, 1.82) is 0 Å². The van der Waals surface area contributed by atoms with Crippen molar-refractivity contribution in [2.24, 2.45) is 17.8 Å². The number of esters is 1. The molecule has 3 unspecified atom stereocenters. The number of furan rings is 1. The van der Waals surface area contributed by atoms with Crippen LogP contribution in [0.15, 0.2) is 28.7 Å². The number of amides is 2. The molecule has 278 valence electrons. The summed E-state index contributed by atoms with van der Waals surface area (Å²) >= 11 is 0. The van der Waals surface area contributed by atoms with Gasteiger partial charge in [-0.3, -0.25) is 9.18 Å². The average molecular weight is 692 g/mol. The number of carbonyl (C=O) groups is 4. The van der Waals surface area contributed by atoms with E-state index in [-0.39, 0.29) is 17.8 Å². The third-order valence-electron chi connectivity index (χ3n) is 8.99. The topological polar surface area (TPSA) is 127 Å². The number of fused-ring (bicyclic) bond motifs is 1. The lowest BCUT2D eigenvalue weighted by Crippen LogP contribution is -2.33. The number of nitrogens with one attached hydrogen (secondary N) is 2. The Labute approximate surface area is 293 Å². The van der Waals surface area contributed by atoms with E-state index in [0.29, 0.717) is 38.0 Å². The van der Waals surface area contributed by atoms with Crippen molar-refractivity contribution in [3.05, 3.63) is 30.0 Å². The second-order valence-electron chi connectivity index (χ2n) is 13.6. The van der Waals surface area contributed by atoms with Gasteiger partial charge < -0.3 is 34.2 Å². The highest BCUT2D eigenvalue weighted by Gasteiger charge is 2.34. The molecule has 2 aromatic rings. The third-order valence-corrected chi connectivity index (χ3v) is 8.99. The Morgan fingerprint density at radius 3 is 2.31 bits per heavy atom. The molecule has 0 radical (unpaired) electrons. The number of alkyl halides is 1. The molecule has 11 heteroatoms. The number of anilines is 1. The van der Waals surface area contributed by atoms with E-state index < -0.39 is 11.6 Å². The van der Waals surface area contributed by atoms with Gasteiger partial charge in [0.1, 0.15) is 17.5 Å². The average Bonchev–Trinajstić information content (AvgIpc) is 3.66. The molecule has 2 fully saturated rings. The first-order valence-electron chi connectivity index (χ1n) is 17.8. The SMILES string of the molecule is CC1C(C2CCCCC2)CCN1C.CCC(C=O)CCCCNC(=O)OC(C)(C)C.CCOC(=O)c1cc2cc(NC=O)ccc2o1.CF. The fraction of sp³-hybridized carbons (Fsp3) is 0.684. The number of carbonyl (C=O) groups excluding carboxylic acids is 4. The van der Waals surface area contributed by atoms with Crippen LogP contribution < -0.4 is 10.6 Å². The highest BCUT2D eigenvalue weighted by atomic mass is 19.1. The monoisotopic (exact) mass is 691 g/mol. The predicted molar refractivity (Wildman–Crippen MR) is 194 cm³/mol. The fourth-order valence-corrected chi connectivity index (χ4v) is 6.22. The largest absolute Gasteiger partial charge is 0.460 e. The normalized spacial score (nSPS) is 18.3. The van der Waals surface area contributed by atoms with E-state index >= 15 is 0 Å². The van der Waals surface area contributed by atoms with E-state index in [0.717, 1.165) is 55.2 Å². The molecule has 10 nitrogen and oxygen atoms in total. The highest BCUT2D eigenvalue weighted by molar-refractivity contribution is 5.94. The number of benzene rings is 1. The third kappa shape index (κ3) is 16.7. The van der Waals surface area contributed by atoms with Crippen LogP contribution in [0.1, 0.15) is 116 Å². The number of hydrogen-bond acceptors (Lipinski definition) is 8. The Balaban J connectivity index is 0.000000361. The van der Waals surface area contributed by atoms with E-state index in [1.165, 1.54) is 45.1 Å². The number of unbranched alkanes of at least 4 members (excludes halogenated alkanes) is 1. The zero-order valence-electron chi connectivity index (χ0n) is 31.1. The minimum Gasteiger partial charge on any atom is -0.460 e. The molecular formula is C38H62FN3O7. The number of aldehydes is 1. The van der Waals surface area contributed by atoms with Crippen LogP contribution in [0.2, 0.25) is 0 Å². The second kappa shape index (κ2) is 23.8. The molecule has 2 amide bonds. The molecule has 1 saturated carbocycles. The molecule has 1 aliphatic carbocycles. The molecule has 49 heavy (non-hydrogen) atoms. The minimum atomic E-state index is -0.492. The lowest BCUT2D eigenvalue weighted by Gasteiger charge is -2.31. The molecule has 2 heterocycles. The maximum absolute atomic E-state index is 11.4. The number of halogens is 1. The predicted octanol–water partition coefficient (Wildman–Crippen LogP) is 8.58. The van der Waals surface area contributed by atoms with Crippen molar-refractivity contribution < 1.29 is 37.5 Å². The smallest absolute Gasteiger partial charge is 0.407 e. The minimum absolute atomic E-state index is 0.158. The molecule has 1 aromatic heterocycles. The summed E-state index contributed by atoms with van der Waals surface area (Å²) in [5.74, 6) is 1.91. The summed E-state index contributed by atoms with van der Waals surface area (Å²) in [6.45, 7) is 13.9. The maximum Gasteiger partial charge on any atom is 0.407 e. The second-order valence-corrected chi connectivity index (χ2v) is 13.6. The first-order chi connectivity index (χ1) is 23.4. The molecule has 4 rings (SSSR count). The molecule has 2 aliphatic rings. The number of nitrogens with zero attached hydrogens (tertiary/aromatic N) is 1. The number of alkyl carbamates (subject to hydrolysis) is 1. The van der Waals surface area contributed by atoms with Crippen molar-refractivity contribution in [2.45, 2.75) is 117 Å². The van der Waals surface area contributed by atoms with Crippen LogP contribution in [-0.4, -0.2) is 75.2 Å². The first-order valence-corrected chi connectivity index (χ1v) is 17.8. The van der Waals surface area contributed by atoms with Gasteiger partial charge in [0, 0.05) is 29.6 Å². The zero-order chi connectivity index (χ0) is 36.8. The Bertz CT molecular complexity index is 1240. The van der Waals surface area contributed by atoms with Gasteiger partial charge in [0.2, 0.25) is 12.2 Å². The van der Waals surface area contributed by atoms with Crippen LogP contribution in [0.3, 0.4) is 0 Å². The van der Waals surface area contributed by atoms with Crippen molar-refractivity contribution in [2.75, 3.05) is 39.2 Å². The van der Waals surface area contributed by atoms with Crippen LogP contribution in [0.5, 0.6) is 0 Å². The quantitative estimate of drug-likeness (QED) is 0.129. The van der Waals surface area contributed by atoms with Gasteiger partial charge >= 0.3 is 12.1 Å². The number of hydrogen-bond donors (Lipinski definition) is 2. The lowest BCUT2D eigenvalue weighted by atomic mass is 9.77. The molecule has 2 N–H and O–H groups in total. The summed E-state index contributed by atoms with van der Waals surface area (Å²) < 4.78 is 24.8. The summed E-state index contributed by atoms with van der Waals surface area (Å²) in [5.41, 5.74) is 0.766. The molecular weight excluding hydrogens is 629 g/mol. The zero-order valence-corrected chi connectivity index (χ0v) is 31.1. The van der Waals surface area contributed by atoms with Crippen molar-refractivity contribution in [1.82, 2.24) is 10.2 Å². The number of likely N-dealkylation sites (tertiary alicyclic amines) is 1. The van der Waals surface area contributed by atoms with E-state index in [1.54, 1.807) is 31.2 Å². The van der Waals surface area contributed by atoms with Gasteiger partial charge in [0.05, 0.1) is 13.8 Å². The van der Waals surface area contributed by atoms with Gasteiger partial charge in [0.25, 0.3) is 0 Å². The summed E-state index contributed by atoms with van der Waals surface area (Å²) in [6, 6.07) is 7.53. The molecule has 1 aliphatic heterocycles. The molecule has 3 atom stereocenters. The van der Waals surface area contributed by atoms with Gasteiger partial charge in [-0.15, -0.1) is 0 Å². The van der Waals surface area contributed by atoms with Crippen molar-refractivity contribution in [3.63, 3.8) is 0 Å². The highest BCUT2D eigenvalue weighted by Crippen LogP contribution is 2.37. The summed E-state index contributed by atoms with van der Waals surface area (Å²) in [7, 11) is 2.79. The molecule has 1 aromatic carbocycles. The van der Waals surface area contributed by atoms with Crippen molar-refractivity contribution in [3.8, 4) is 0 Å². The van der Waals surface area contributed by atoms with E-state index in [9.17, 15) is 23.6 Å². The maximum atomic E-state index is 11.4.